The first-order valence-electron chi connectivity index (χ1n) is 7.25. The second-order valence-electron chi connectivity index (χ2n) is 5.39. The molecular formula is C17H15Cl2NO3S. The van der Waals surface area contributed by atoms with E-state index in [1.165, 1.54) is 0 Å². The molecule has 24 heavy (non-hydrogen) atoms. The van der Waals surface area contributed by atoms with E-state index in [2.05, 4.69) is 11.3 Å². The van der Waals surface area contributed by atoms with Crippen molar-refractivity contribution in [1.82, 2.24) is 4.72 Å². The molecule has 0 spiro atoms. The van der Waals surface area contributed by atoms with Crippen LogP contribution in [-0.2, 0) is 16.4 Å². The minimum atomic E-state index is -3.68. The van der Waals surface area contributed by atoms with Crippen LogP contribution in [0.15, 0.2) is 48.4 Å². The highest BCUT2D eigenvalue weighted by molar-refractivity contribution is 7.92. The average molecular weight is 384 g/mol. The lowest BCUT2D eigenvalue weighted by molar-refractivity contribution is 0.357. The SMILES string of the molecule is C=CS(=O)(=O)NC(c1ccc2c(c1)CCO2)c1cc(Cl)ccc1Cl. The third-order valence-corrected chi connectivity index (χ3v) is 5.40. The van der Waals surface area contributed by atoms with Crippen LogP contribution in [0.2, 0.25) is 10.0 Å². The predicted molar refractivity (Wildman–Crippen MR) is 96.2 cm³/mol. The molecule has 1 heterocycles. The Kier molecular flexibility index (Phi) is 4.88. The van der Waals surface area contributed by atoms with E-state index in [1.807, 2.05) is 18.2 Å². The van der Waals surface area contributed by atoms with Gasteiger partial charge in [-0.2, -0.15) is 4.72 Å². The second-order valence-corrected chi connectivity index (χ2v) is 7.90. The van der Waals surface area contributed by atoms with E-state index in [-0.39, 0.29) is 0 Å². The summed E-state index contributed by atoms with van der Waals surface area (Å²) in [6.07, 6.45) is 0.785. The van der Waals surface area contributed by atoms with Crippen molar-refractivity contribution >= 4 is 33.2 Å². The van der Waals surface area contributed by atoms with Gasteiger partial charge in [-0.3, -0.25) is 0 Å². The molecule has 1 N–H and O–H groups in total. The van der Waals surface area contributed by atoms with E-state index in [1.54, 1.807) is 18.2 Å². The number of ether oxygens (including phenoxy) is 1. The van der Waals surface area contributed by atoms with Crippen LogP contribution in [0.3, 0.4) is 0 Å². The van der Waals surface area contributed by atoms with E-state index >= 15 is 0 Å². The summed E-state index contributed by atoms with van der Waals surface area (Å²) in [7, 11) is -3.68. The van der Waals surface area contributed by atoms with Crippen molar-refractivity contribution in [3.63, 3.8) is 0 Å². The largest absolute Gasteiger partial charge is 0.493 e. The smallest absolute Gasteiger partial charge is 0.233 e. The standard InChI is InChI=1S/C17H15Cl2NO3S/c1-2-24(21,22)20-17(14-10-13(18)4-5-15(14)19)12-3-6-16-11(9-12)7-8-23-16/h2-6,9-10,17,20H,1,7-8H2. The van der Waals surface area contributed by atoms with Gasteiger partial charge in [0.25, 0.3) is 0 Å². The number of hydrogen-bond donors (Lipinski definition) is 1. The molecule has 0 saturated heterocycles. The fourth-order valence-corrected chi connectivity index (χ4v) is 3.74. The van der Waals surface area contributed by atoms with Crippen LogP contribution in [-0.4, -0.2) is 15.0 Å². The third-order valence-electron chi connectivity index (χ3n) is 3.82. The molecule has 0 aliphatic carbocycles. The van der Waals surface area contributed by atoms with Crippen molar-refractivity contribution in [1.29, 1.82) is 0 Å². The summed E-state index contributed by atoms with van der Waals surface area (Å²) in [5.74, 6) is 0.821. The van der Waals surface area contributed by atoms with Crippen molar-refractivity contribution in [2.24, 2.45) is 0 Å². The molecule has 3 rings (SSSR count). The molecule has 0 saturated carbocycles. The number of fused-ring (bicyclic) bond motifs is 1. The normalized spacial score (nSPS) is 14.8. The van der Waals surface area contributed by atoms with Crippen molar-refractivity contribution in [3.8, 4) is 5.75 Å². The molecule has 2 aromatic rings. The summed E-state index contributed by atoms with van der Waals surface area (Å²) < 4.78 is 32.2. The van der Waals surface area contributed by atoms with Crippen molar-refractivity contribution < 1.29 is 13.2 Å². The second kappa shape index (κ2) is 6.76. The first-order chi connectivity index (χ1) is 11.4. The van der Waals surface area contributed by atoms with Gasteiger partial charge >= 0.3 is 0 Å². The third kappa shape index (κ3) is 3.59. The molecule has 1 aliphatic heterocycles. The maximum Gasteiger partial charge on any atom is 0.233 e. The molecule has 1 atom stereocenters. The number of hydrogen-bond acceptors (Lipinski definition) is 3. The molecule has 1 unspecified atom stereocenters. The average Bonchev–Trinajstić information content (AvgIpc) is 3.02. The van der Waals surface area contributed by atoms with E-state index in [4.69, 9.17) is 27.9 Å². The van der Waals surface area contributed by atoms with Crippen molar-refractivity contribution in [2.75, 3.05) is 6.61 Å². The van der Waals surface area contributed by atoms with Crippen molar-refractivity contribution in [3.05, 3.63) is 75.1 Å². The maximum atomic E-state index is 12.1. The Bertz CT molecular complexity index is 897. The van der Waals surface area contributed by atoms with E-state index < -0.39 is 16.1 Å². The minimum absolute atomic E-state index is 0.424. The van der Waals surface area contributed by atoms with Crippen LogP contribution >= 0.6 is 23.2 Å². The highest BCUT2D eigenvalue weighted by Crippen LogP contribution is 2.34. The molecule has 0 bridgehead atoms. The molecule has 4 nitrogen and oxygen atoms in total. The molecule has 0 aromatic heterocycles. The highest BCUT2D eigenvalue weighted by Gasteiger charge is 2.24. The Morgan fingerprint density at radius 1 is 1.21 bits per heavy atom. The van der Waals surface area contributed by atoms with Crippen LogP contribution in [0.1, 0.15) is 22.7 Å². The van der Waals surface area contributed by atoms with Gasteiger partial charge in [0.2, 0.25) is 10.0 Å². The van der Waals surface area contributed by atoms with Gasteiger partial charge < -0.3 is 4.74 Å². The Balaban J connectivity index is 2.11. The summed E-state index contributed by atoms with van der Waals surface area (Å²) in [6, 6.07) is 9.86. The van der Waals surface area contributed by atoms with Crippen LogP contribution in [0.4, 0.5) is 0 Å². The summed E-state index contributed by atoms with van der Waals surface area (Å²) in [5.41, 5.74) is 2.37. The molecular weight excluding hydrogens is 369 g/mol. The van der Waals surface area contributed by atoms with Gasteiger partial charge in [-0.15, -0.1) is 0 Å². The van der Waals surface area contributed by atoms with Gasteiger partial charge in [0.1, 0.15) is 5.75 Å². The zero-order valence-electron chi connectivity index (χ0n) is 12.6. The van der Waals surface area contributed by atoms with E-state index in [0.717, 1.165) is 28.7 Å². The Morgan fingerprint density at radius 3 is 2.75 bits per heavy atom. The summed E-state index contributed by atoms with van der Waals surface area (Å²) in [6.45, 7) is 3.97. The molecule has 0 radical (unpaired) electrons. The monoisotopic (exact) mass is 383 g/mol. The molecule has 126 valence electrons. The Labute approximate surface area is 151 Å². The van der Waals surface area contributed by atoms with E-state index in [9.17, 15) is 8.42 Å². The predicted octanol–water partition coefficient (Wildman–Crippen LogP) is 4.08. The molecule has 0 amide bonds. The number of halogens is 2. The lowest BCUT2D eigenvalue weighted by atomic mass is 9.97. The summed E-state index contributed by atoms with van der Waals surface area (Å²) >= 11 is 12.4. The first-order valence-corrected chi connectivity index (χ1v) is 9.55. The number of sulfonamides is 1. The molecule has 2 aromatic carbocycles. The number of nitrogens with one attached hydrogen (secondary N) is 1. The zero-order chi connectivity index (χ0) is 17.3. The summed E-state index contributed by atoms with van der Waals surface area (Å²) in [5, 5.41) is 1.77. The molecule has 7 heteroatoms. The van der Waals surface area contributed by atoms with Crippen LogP contribution in [0.5, 0.6) is 5.75 Å². The lowest BCUT2D eigenvalue weighted by Gasteiger charge is -2.21. The van der Waals surface area contributed by atoms with Gasteiger partial charge in [0, 0.05) is 21.9 Å². The summed E-state index contributed by atoms with van der Waals surface area (Å²) in [4.78, 5) is 0. The lowest BCUT2D eigenvalue weighted by Crippen LogP contribution is -2.28. The number of rotatable bonds is 5. The van der Waals surface area contributed by atoms with Gasteiger partial charge in [-0.1, -0.05) is 41.9 Å². The molecule has 1 aliphatic rings. The van der Waals surface area contributed by atoms with E-state index in [0.29, 0.717) is 22.2 Å². The van der Waals surface area contributed by atoms with Gasteiger partial charge in [-0.05, 0) is 41.0 Å². The maximum absolute atomic E-state index is 12.1. The van der Waals surface area contributed by atoms with Gasteiger partial charge in [0.15, 0.2) is 0 Å². The van der Waals surface area contributed by atoms with Crippen LogP contribution in [0.25, 0.3) is 0 Å². The van der Waals surface area contributed by atoms with Gasteiger partial charge in [-0.25, -0.2) is 8.42 Å². The first kappa shape index (κ1) is 17.3. The van der Waals surface area contributed by atoms with Crippen molar-refractivity contribution in [2.45, 2.75) is 12.5 Å². The van der Waals surface area contributed by atoms with Gasteiger partial charge in [0.05, 0.1) is 12.6 Å². The highest BCUT2D eigenvalue weighted by atomic mass is 35.5. The van der Waals surface area contributed by atoms with Crippen LogP contribution < -0.4 is 9.46 Å². The minimum Gasteiger partial charge on any atom is -0.493 e. The fourth-order valence-electron chi connectivity index (χ4n) is 2.65. The quantitative estimate of drug-likeness (QED) is 0.845. The fraction of sp³-hybridized carbons (Fsp3) is 0.176. The Morgan fingerprint density at radius 2 is 2.00 bits per heavy atom. The topological polar surface area (TPSA) is 55.4 Å². The Hall–Kier alpha value is -1.53. The molecule has 0 fully saturated rings. The number of benzene rings is 2. The van der Waals surface area contributed by atoms with Crippen LogP contribution in [0, 0.1) is 0 Å². The zero-order valence-corrected chi connectivity index (χ0v) is 15.0.